The van der Waals surface area contributed by atoms with Gasteiger partial charge in [0, 0.05) is 35.7 Å². The van der Waals surface area contributed by atoms with Crippen LogP contribution in [-0.2, 0) is 13.0 Å². The number of hydrogen-bond donors (Lipinski definition) is 2. The first-order chi connectivity index (χ1) is 12.9. The number of anilines is 1. The quantitative estimate of drug-likeness (QED) is 0.458. The van der Waals surface area contributed by atoms with Crippen LogP contribution >= 0.6 is 0 Å². The van der Waals surface area contributed by atoms with Crippen molar-refractivity contribution in [1.82, 2.24) is 5.32 Å². The summed E-state index contributed by atoms with van der Waals surface area (Å²) in [5, 5.41) is 13.8. The number of nitrogens with zero attached hydrogens (tertiary/aromatic N) is 1. The molecule has 1 aliphatic heterocycles. The van der Waals surface area contributed by atoms with Gasteiger partial charge in [0.2, 0.25) is 0 Å². The van der Waals surface area contributed by atoms with E-state index in [0.717, 1.165) is 23.3 Å². The molecule has 1 amide bonds. The van der Waals surface area contributed by atoms with E-state index in [2.05, 4.69) is 5.32 Å². The number of carbonyl (C=O) groups excluding carboxylic acids is 1. The summed E-state index contributed by atoms with van der Waals surface area (Å²) < 4.78 is 11.5. The average molecular weight is 371 g/mol. The largest absolute Gasteiger partial charge is 0.494 e. The van der Waals surface area contributed by atoms with Crippen LogP contribution in [0.1, 0.15) is 35.3 Å². The van der Waals surface area contributed by atoms with Gasteiger partial charge in [0.15, 0.2) is 0 Å². The zero-order chi connectivity index (χ0) is 19.6. The first kappa shape index (κ1) is 18.5. The van der Waals surface area contributed by atoms with Gasteiger partial charge < -0.3 is 20.5 Å². The number of nitrogen functional groups attached to an aromatic ring is 1. The number of nitrogens with two attached hydrogens (primary N) is 1. The number of nitro benzene ring substituents is 1. The first-order valence-corrected chi connectivity index (χ1v) is 8.66. The van der Waals surface area contributed by atoms with Crippen LogP contribution in [-0.4, -0.2) is 23.5 Å². The summed E-state index contributed by atoms with van der Waals surface area (Å²) in [5.74, 6) is 1.05. The third-order valence-corrected chi connectivity index (χ3v) is 4.31. The second kappa shape index (κ2) is 7.53. The van der Waals surface area contributed by atoms with E-state index >= 15 is 0 Å². The number of nitro groups is 1. The Kier molecular flexibility index (Phi) is 5.16. The van der Waals surface area contributed by atoms with Crippen LogP contribution in [0.25, 0.3) is 0 Å². The highest BCUT2D eigenvalue weighted by atomic mass is 16.6. The van der Waals surface area contributed by atoms with E-state index in [1.54, 1.807) is 0 Å². The molecule has 1 heterocycles. The minimum Gasteiger partial charge on any atom is -0.494 e. The minimum atomic E-state index is -0.613. The molecule has 0 bridgehead atoms. The van der Waals surface area contributed by atoms with Crippen molar-refractivity contribution in [3.63, 3.8) is 0 Å². The SMILES string of the molecule is CCOc1cc2c(cc1CNC(=O)c1ccc(N)c([N+](=O)[O-])c1)O[C@H](C)C2. The van der Waals surface area contributed by atoms with Gasteiger partial charge in [-0.05, 0) is 38.1 Å². The summed E-state index contributed by atoms with van der Waals surface area (Å²) >= 11 is 0. The van der Waals surface area contributed by atoms with Gasteiger partial charge in [0.05, 0.1) is 11.5 Å². The lowest BCUT2D eigenvalue weighted by Gasteiger charge is -2.13. The fraction of sp³-hybridized carbons (Fsp3) is 0.316. The zero-order valence-corrected chi connectivity index (χ0v) is 15.2. The molecular formula is C19H21N3O5. The Hall–Kier alpha value is -3.29. The fourth-order valence-corrected chi connectivity index (χ4v) is 3.03. The molecule has 0 fully saturated rings. The number of amides is 1. The van der Waals surface area contributed by atoms with Crippen molar-refractivity contribution in [3.05, 3.63) is 57.1 Å². The van der Waals surface area contributed by atoms with Gasteiger partial charge in [-0.3, -0.25) is 14.9 Å². The molecular weight excluding hydrogens is 350 g/mol. The molecule has 142 valence electrons. The number of fused-ring (bicyclic) bond motifs is 1. The topological polar surface area (TPSA) is 117 Å². The Balaban J connectivity index is 1.78. The summed E-state index contributed by atoms with van der Waals surface area (Å²) in [6.45, 7) is 4.59. The van der Waals surface area contributed by atoms with E-state index in [9.17, 15) is 14.9 Å². The van der Waals surface area contributed by atoms with E-state index in [-0.39, 0.29) is 29.6 Å². The highest BCUT2D eigenvalue weighted by molar-refractivity contribution is 5.95. The van der Waals surface area contributed by atoms with Gasteiger partial charge in [-0.25, -0.2) is 0 Å². The molecule has 0 saturated heterocycles. The number of benzene rings is 2. The summed E-state index contributed by atoms with van der Waals surface area (Å²) in [6.07, 6.45) is 0.923. The van der Waals surface area contributed by atoms with Gasteiger partial charge in [0.1, 0.15) is 23.3 Å². The van der Waals surface area contributed by atoms with Crippen molar-refractivity contribution in [1.29, 1.82) is 0 Å². The van der Waals surface area contributed by atoms with Crippen LogP contribution in [0.2, 0.25) is 0 Å². The zero-order valence-electron chi connectivity index (χ0n) is 15.2. The maximum atomic E-state index is 12.4. The lowest BCUT2D eigenvalue weighted by Crippen LogP contribution is -2.23. The molecule has 2 aromatic rings. The Morgan fingerprint density at radius 2 is 2.19 bits per heavy atom. The predicted octanol–water partition coefficient (Wildman–Crippen LogP) is 2.83. The molecule has 0 radical (unpaired) electrons. The van der Waals surface area contributed by atoms with E-state index in [0.29, 0.717) is 12.4 Å². The number of rotatable bonds is 6. The van der Waals surface area contributed by atoms with Crippen LogP contribution in [0.5, 0.6) is 11.5 Å². The van der Waals surface area contributed by atoms with Crippen molar-refractivity contribution in [2.24, 2.45) is 0 Å². The third kappa shape index (κ3) is 3.94. The minimum absolute atomic E-state index is 0.0140. The smallest absolute Gasteiger partial charge is 0.292 e. The molecule has 1 atom stereocenters. The second-order valence-electron chi connectivity index (χ2n) is 6.35. The van der Waals surface area contributed by atoms with E-state index in [1.165, 1.54) is 18.2 Å². The van der Waals surface area contributed by atoms with Crippen molar-refractivity contribution in [3.8, 4) is 11.5 Å². The number of nitrogens with one attached hydrogen (secondary N) is 1. The molecule has 0 aliphatic carbocycles. The molecule has 0 aromatic heterocycles. The molecule has 3 rings (SSSR count). The maximum Gasteiger partial charge on any atom is 0.292 e. The molecule has 3 N–H and O–H groups in total. The van der Waals surface area contributed by atoms with Crippen LogP contribution < -0.4 is 20.5 Å². The molecule has 8 heteroatoms. The maximum absolute atomic E-state index is 12.4. The monoisotopic (exact) mass is 371 g/mol. The third-order valence-electron chi connectivity index (χ3n) is 4.31. The normalized spacial score (nSPS) is 15.0. The van der Waals surface area contributed by atoms with Gasteiger partial charge in [-0.2, -0.15) is 0 Å². The Morgan fingerprint density at radius 3 is 2.89 bits per heavy atom. The van der Waals surface area contributed by atoms with Crippen molar-refractivity contribution in [2.75, 3.05) is 12.3 Å². The van der Waals surface area contributed by atoms with Crippen LogP contribution in [0, 0.1) is 10.1 Å². The standard InChI is InChI=1S/C19H21N3O5/c1-3-26-17-8-13-6-11(2)27-18(13)9-14(17)10-21-19(23)12-4-5-15(20)16(7-12)22(24)25/h4-5,7-9,11H,3,6,10,20H2,1-2H3,(H,21,23)/t11-/m1/s1. The molecule has 0 saturated carbocycles. The summed E-state index contributed by atoms with van der Waals surface area (Å²) in [4.78, 5) is 22.8. The van der Waals surface area contributed by atoms with Crippen molar-refractivity contribution >= 4 is 17.3 Å². The predicted molar refractivity (Wildman–Crippen MR) is 100 cm³/mol. The van der Waals surface area contributed by atoms with Gasteiger partial charge >= 0.3 is 0 Å². The average Bonchev–Trinajstić information content (AvgIpc) is 2.98. The summed E-state index contributed by atoms with van der Waals surface area (Å²) in [7, 11) is 0. The van der Waals surface area contributed by atoms with Crippen molar-refractivity contribution < 1.29 is 19.2 Å². The molecule has 2 aromatic carbocycles. The number of hydrogen-bond acceptors (Lipinski definition) is 6. The van der Waals surface area contributed by atoms with Gasteiger partial charge in [-0.15, -0.1) is 0 Å². The van der Waals surface area contributed by atoms with Gasteiger partial charge in [0.25, 0.3) is 11.6 Å². The second-order valence-corrected chi connectivity index (χ2v) is 6.35. The lowest BCUT2D eigenvalue weighted by molar-refractivity contribution is -0.383. The Labute approximate surface area is 156 Å². The summed E-state index contributed by atoms with van der Waals surface area (Å²) in [5.41, 5.74) is 7.31. The van der Waals surface area contributed by atoms with E-state index in [4.69, 9.17) is 15.2 Å². The van der Waals surface area contributed by atoms with E-state index in [1.807, 2.05) is 26.0 Å². The summed E-state index contributed by atoms with van der Waals surface area (Å²) in [6, 6.07) is 7.78. The first-order valence-electron chi connectivity index (χ1n) is 8.66. The molecule has 0 spiro atoms. The number of carbonyl (C=O) groups is 1. The number of ether oxygens (including phenoxy) is 2. The van der Waals surface area contributed by atoms with Crippen LogP contribution in [0.4, 0.5) is 11.4 Å². The highest BCUT2D eigenvalue weighted by Gasteiger charge is 2.22. The van der Waals surface area contributed by atoms with Gasteiger partial charge in [-0.1, -0.05) is 0 Å². The van der Waals surface area contributed by atoms with Crippen LogP contribution in [0.3, 0.4) is 0 Å². The highest BCUT2D eigenvalue weighted by Crippen LogP contribution is 2.35. The van der Waals surface area contributed by atoms with Crippen molar-refractivity contribution in [2.45, 2.75) is 32.9 Å². The Morgan fingerprint density at radius 1 is 1.41 bits per heavy atom. The lowest BCUT2D eigenvalue weighted by atomic mass is 10.1. The van der Waals surface area contributed by atoms with Crippen LogP contribution in [0.15, 0.2) is 30.3 Å². The fourth-order valence-electron chi connectivity index (χ4n) is 3.03. The molecule has 8 nitrogen and oxygen atoms in total. The van der Waals surface area contributed by atoms with E-state index < -0.39 is 10.8 Å². The molecule has 0 unspecified atom stereocenters. The molecule has 27 heavy (non-hydrogen) atoms. The molecule has 1 aliphatic rings. The Bertz CT molecular complexity index is 897.